The van der Waals surface area contributed by atoms with Crippen molar-refractivity contribution >= 4 is 11.6 Å². The minimum absolute atomic E-state index is 0.497. The quantitative estimate of drug-likeness (QED) is 0.489. The van der Waals surface area contributed by atoms with Crippen LogP contribution in [0.5, 0.6) is 0 Å². The van der Waals surface area contributed by atoms with E-state index in [9.17, 15) is 0 Å². The Kier molecular flexibility index (Phi) is 6.50. The molecule has 116 valence electrons. The first kappa shape index (κ1) is 15.8. The van der Waals surface area contributed by atoms with E-state index in [0.717, 1.165) is 31.7 Å². The Hall–Kier alpha value is -1.59. The van der Waals surface area contributed by atoms with Gasteiger partial charge in [-0.1, -0.05) is 18.2 Å². The molecule has 0 saturated carbocycles. The SMILES string of the molecule is CN1CCCN(CCCN=C(N)Nc2ccccc2)CC1. The van der Waals surface area contributed by atoms with Crippen molar-refractivity contribution in [1.82, 2.24) is 9.80 Å². The Labute approximate surface area is 127 Å². The van der Waals surface area contributed by atoms with Crippen molar-refractivity contribution in [2.45, 2.75) is 12.8 Å². The molecule has 1 heterocycles. The van der Waals surface area contributed by atoms with Crippen LogP contribution in [-0.2, 0) is 0 Å². The lowest BCUT2D eigenvalue weighted by molar-refractivity contribution is 0.275. The molecule has 1 aliphatic heterocycles. The van der Waals surface area contributed by atoms with Gasteiger partial charge in [-0.2, -0.15) is 0 Å². The van der Waals surface area contributed by atoms with Gasteiger partial charge in [-0.05, 0) is 51.7 Å². The van der Waals surface area contributed by atoms with Gasteiger partial charge < -0.3 is 20.9 Å². The molecule has 0 amide bonds. The Bertz CT molecular complexity index is 432. The number of benzene rings is 1. The number of likely N-dealkylation sites (N-methyl/N-ethyl adjacent to an activating group) is 1. The lowest BCUT2D eigenvalue weighted by Gasteiger charge is -2.19. The topological polar surface area (TPSA) is 56.9 Å². The number of hydrogen-bond donors (Lipinski definition) is 2. The highest BCUT2D eigenvalue weighted by atomic mass is 15.2. The summed E-state index contributed by atoms with van der Waals surface area (Å²) in [5, 5.41) is 3.10. The van der Waals surface area contributed by atoms with Crippen LogP contribution in [0, 0.1) is 0 Å². The molecule has 5 heteroatoms. The number of guanidine groups is 1. The Morgan fingerprint density at radius 1 is 1.19 bits per heavy atom. The molecule has 0 unspecified atom stereocenters. The van der Waals surface area contributed by atoms with Crippen LogP contribution in [0.25, 0.3) is 0 Å². The maximum atomic E-state index is 5.89. The van der Waals surface area contributed by atoms with Crippen molar-refractivity contribution in [1.29, 1.82) is 0 Å². The molecule has 0 aromatic heterocycles. The second kappa shape index (κ2) is 8.64. The van der Waals surface area contributed by atoms with Gasteiger partial charge in [-0.15, -0.1) is 0 Å². The van der Waals surface area contributed by atoms with E-state index in [-0.39, 0.29) is 0 Å². The minimum atomic E-state index is 0.497. The van der Waals surface area contributed by atoms with Gasteiger partial charge in [-0.25, -0.2) is 0 Å². The summed E-state index contributed by atoms with van der Waals surface area (Å²) in [6.45, 7) is 6.63. The molecule has 1 aliphatic rings. The van der Waals surface area contributed by atoms with Crippen molar-refractivity contribution in [2.24, 2.45) is 10.7 Å². The van der Waals surface area contributed by atoms with Gasteiger partial charge in [0.25, 0.3) is 0 Å². The summed E-state index contributed by atoms with van der Waals surface area (Å²) in [7, 11) is 2.20. The molecule has 0 radical (unpaired) electrons. The second-order valence-corrected chi connectivity index (χ2v) is 5.61. The van der Waals surface area contributed by atoms with Crippen molar-refractivity contribution in [3.63, 3.8) is 0 Å². The van der Waals surface area contributed by atoms with Gasteiger partial charge in [0.2, 0.25) is 0 Å². The summed E-state index contributed by atoms with van der Waals surface area (Å²) in [5.41, 5.74) is 6.87. The van der Waals surface area contributed by atoms with E-state index in [0.29, 0.717) is 5.96 Å². The predicted octanol–water partition coefficient (Wildman–Crippen LogP) is 1.44. The molecule has 3 N–H and O–H groups in total. The monoisotopic (exact) mass is 289 g/mol. The summed E-state index contributed by atoms with van der Waals surface area (Å²) in [4.78, 5) is 9.32. The van der Waals surface area contributed by atoms with Crippen LogP contribution in [0.1, 0.15) is 12.8 Å². The van der Waals surface area contributed by atoms with Gasteiger partial charge in [-0.3, -0.25) is 4.99 Å². The minimum Gasteiger partial charge on any atom is -0.370 e. The molecule has 0 aliphatic carbocycles. The first-order chi connectivity index (χ1) is 10.2. The van der Waals surface area contributed by atoms with Gasteiger partial charge in [0.15, 0.2) is 5.96 Å². The highest BCUT2D eigenvalue weighted by Crippen LogP contribution is 2.04. The van der Waals surface area contributed by atoms with Crippen LogP contribution >= 0.6 is 0 Å². The van der Waals surface area contributed by atoms with E-state index >= 15 is 0 Å². The number of nitrogens with two attached hydrogens (primary N) is 1. The number of hydrogen-bond acceptors (Lipinski definition) is 3. The summed E-state index contributed by atoms with van der Waals surface area (Å²) < 4.78 is 0. The number of rotatable bonds is 5. The average molecular weight is 289 g/mol. The molecule has 1 fully saturated rings. The standard InChI is InChI=1S/C16H27N5/c1-20-10-6-12-21(14-13-20)11-5-9-18-16(17)19-15-7-3-2-4-8-15/h2-4,7-8H,5-6,9-14H2,1H3,(H3,17,18,19). The van der Waals surface area contributed by atoms with Gasteiger partial charge >= 0.3 is 0 Å². The van der Waals surface area contributed by atoms with Crippen molar-refractivity contribution < 1.29 is 0 Å². The van der Waals surface area contributed by atoms with Gasteiger partial charge in [0.05, 0.1) is 0 Å². The van der Waals surface area contributed by atoms with Gasteiger partial charge in [0.1, 0.15) is 0 Å². The molecule has 5 nitrogen and oxygen atoms in total. The largest absolute Gasteiger partial charge is 0.370 e. The number of anilines is 1. The number of para-hydroxylation sites is 1. The maximum absolute atomic E-state index is 5.89. The number of nitrogens with zero attached hydrogens (tertiary/aromatic N) is 3. The lowest BCUT2D eigenvalue weighted by atomic mass is 10.3. The maximum Gasteiger partial charge on any atom is 0.193 e. The zero-order valence-corrected chi connectivity index (χ0v) is 13.0. The van der Waals surface area contributed by atoms with Gasteiger partial charge in [0, 0.05) is 25.3 Å². The molecule has 1 saturated heterocycles. The molecule has 0 bridgehead atoms. The highest BCUT2D eigenvalue weighted by molar-refractivity contribution is 5.92. The van der Waals surface area contributed by atoms with Crippen molar-refractivity contribution in [3.05, 3.63) is 30.3 Å². The van der Waals surface area contributed by atoms with Crippen LogP contribution in [0.15, 0.2) is 35.3 Å². The molecule has 0 spiro atoms. The average Bonchev–Trinajstić information content (AvgIpc) is 2.69. The fraction of sp³-hybridized carbons (Fsp3) is 0.562. The van der Waals surface area contributed by atoms with Crippen molar-refractivity contribution in [3.8, 4) is 0 Å². The third-order valence-corrected chi connectivity index (χ3v) is 3.77. The smallest absolute Gasteiger partial charge is 0.193 e. The van der Waals surface area contributed by atoms with Crippen LogP contribution in [0.4, 0.5) is 5.69 Å². The first-order valence-corrected chi connectivity index (χ1v) is 7.77. The summed E-state index contributed by atoms with van der Waals surface area (Å²) >= 11 is 0. The molecule has 21 heavy (non-hydrogen) atoms. The van der Waals surface area contributed by atoms with Crippen LogP contribution in [0.3, 0.4) is 0 Å². The van der Waals surface area contributed by atoms with Crippen LogP contribution in [-0.4, -0.2) is 62.1 Å². The molecular weight excluding hydrogens is 262 g/mol. The summed E-state index contributed by atoms with van der Waals surface area (Å²) in [5.74, 6) is 0.497. The fourth-order valence-electron chi connectivity index (χ4n) is 2.53. The summed E-state index contributed by atoms with van der Waals surface area (Å²) in [6, 6.07) is 9.90. The molecular formula is C16H27N5. The zero-order chi connectivity index (χ0) is 14.9. The van der Waals surface area contributed by atoms with E-state index in [1.54, 1.807) is 0 Å². The Morgan fingerprint density at radius 2 is 2.00 bits per heavy atom. The zero-order valence-electron chi connectivity index (χ0n) is 13.0. The third-order valence-electron chi connectivity index (χ3n) is 3.77. The molecule has 1 aromatic rings. The van der Waals surface area contributed by atoms with Crippen LogP contribution < -0.4 is 11.1 Å². The summed E-state index contributed by atoms with van der Waals surface area (Å²) in [6.07, 6.45) is 2.32. The fourth-order valence-corrected chi connectivity index (χ4v) is 2.53. The normalized spacial score (nSPS) is 18.4. The molecule has 0 atom stereocenters. The molecule has 1 aromatic carbocycles. The van der Waals surface area contributed by atoms with E-state index in [2.05, 4.69) is 27.2 Å². The van der Waals surface area contributed by atoms with E-state index in [1.807, 2.05) is 30.3 Å². The predicted molar refractivity (Wildman–Crippen MR) is 89.7 cm³/mol. The molecule has 2 rings (SSSR count). The number of nitrogens with one attached hydrogen (secondary N) is 1. The second-order valence-electron chi connectivity index (χ2n) is 5.61. The Morgan fingerprint density at radius 3 is 2.81 bits per heavy atom. The van der Waals surface area contributed by atoms with E-state index in [1.165, 1.54) is 26.1 Å². The van der Waals surface area contributed by atoms with E-state index in [4.69, 9.17) is 5.73 Å². The van der Waals surface area contributed by atoms with Crippen LogP contribution in [0.2, 0.25) is 0 Å². The van der Waals surface area contributed by atoms with Crippen molar-refractivity contribution in [2.75, 3.05) is 51.6 Å². The Balaban J connectivity index is 1.65. The first-order valence-electron chi connectivity index (χ1n) is 7.77. The van der Waals surface area contributed by atoms with E-state index < -0.39 is 0 Å². The third kappa shape index (κ3) is 6.14. The lowest BCUT2D eigenvalue weighted by Crippen LogP contribution is -2.30. The number of aliphatic imine (C=N–C) groups is 1. The highest BCUT2D eigenvalue weighted by Gasteiger charge is 2.10.